The van der Waals surface area contributed by atoms with E-state index in [0.717, 1.165) is 28.4 Å². The molecule has 3 aromatic rings. The number of aromatic nitrogens is 3. The highest BCUT2D eigenvalue weighted by molar-refractivity contribution is 7.15. The highest BCUT2D eigenvalue weighted by Crippen LogP contribution is 2.18. The molecule has 1 aromatic carbocycles. The molecule has 2 heterocycles. The molecule has 6 nitrogen and oxygen atoms in total. The van der Waals surface area contributed by atoms with Gasteiger partial charge in [-0.15, -0.1) is 21.5 Å². The predicted molar refractivity (Wildman–Crippen MR) is 88.9 cm³/mol. The number of fused-ring (bicyclic) bond motifs is 1. The second kappa shape index (κ2) is 7.23. The van der Waals surface area contributed by atoms with Gasteiger partial charge in [0.1, 0.15) is 12.1 Å². The number of rotatable bonds is 7. The van der Waals surface area contributed by atoms with Crippen LogP contribution < -0.4 is 10.1 Å². The first-order valence-electron chi connectivity index (χ1n) is 7.42. The molecule has 7 heteroatoms. The van der Waals surface area contributed by atoms with Crippen LogP contribution in [-0.2, 0) is 17.6 Å². The van der Waals surface area contributed by atoms with Crippen molar-refractivity contribution in [2.45, 2.75) is 19.3 Å². The molecule has 120 valence electrons. The molecule has 0 bridgehead atoms. The number of aryl methyl sites for hydroxylation is 1. The second-order valence-electron chi connectivity index (χ2n) is 5.12. The molecule has 0 fully saturated rings. The Hall–Kier alpha value is -2.41. The third kappa shape index (κ3) is 3.68. The lowest BCUT2D eigenvalue weighted by atomic mass is 10.1. The van der Waals surface area contributed by atoms with Crippen molar-refractivity contribution < 1.29 is 9.53 Å². The maximum atomic E-state index is 12.0. The van der Waals surface area contributed by atoms with E-state index < -0.39 is 0 Å². The number of nitrogens with one attached hydrogen (secondary N) is 1. The molecule has 0 saturated carbocycles. The lowest BCUT2D eigenvalue weighted by molar-refractivity contribution is -0.121. The fourth-order valence-corrected chi connectivity index (χ4v) is 3.28. The number of methoxy groups -OCH3 is 1. The average Bonchev–Trinajstić information content (AvgIpc) is 3.18. The Balaban J connectivity index is 1.46. The standard InChI is InChI=1S/C16H18N4O2S/c1-22-14-5-3-2-4-12(14)6-7-15(21)17-9-8-13-10-23-16-19-18-11-20(13)16/h2-5,10-11H,6-9H2,1H3,(H,17,21). The smallest absolute Gasteiger partial charge is 0.220 e. The number of carbonyl (C=O) groups excluding carboxylic acids is 1. The van der Waals surface area contributed by atoms with Crippen molar-refractivity contribution in [1.82, 2.24) is 19.9 Å². The van der Waals surface area contributed by atoms with Crippen molar-refractivity contribution in [3.63, 3.8) is 0 Å². The van der Waals surface area contributed by atoms with Crippen LogP contribution in [0, 0.1) is 0 Å². The van der Waals surface area contributed by atoms with Crippen LogP contribution in [0.25, 0.3) is 4.96 Å². The predicted octanol–water partition coefficient (Wildman–Crippen LogP) is 2.09. The maximum absolute atomic E-state index is 12.0. The van der Waals surface area contributed by atoms with Gasteiger partial charge in [-0.2, -0.15) is 0 Å². The zero-order chi connectivity index (χ0) is 16.1. The summed E-state index contributed by atoms with van der Waals surface area (Å²) in [6.45, 7) is 0.606. The third-order valence-electron chi connectivity index (χ3n) is 3.64. The Bertz CT molecular complexity index is 796. The van der Waals surface area contributed by atoms with Crippen LogP contribution in [0.5, 0.6) is 5.75 Å². The van der Waals surface area contributed by atoms with Gasteiger partial charge >= 0.3 is 0 Å². The summed E-state index contributed by atoms with van der Waals surface area (Å²) in [7, 11) is 1.64. The molecular weight excluding hydrogens is 312 g/mol. The quantitative estimate of drug-likeness (QED) is 0.720. The van der Waals surface area contributed by atoms with Gasteiger partial charge in [0.25, 0.3) is 0 Å². The molecule has 1 N–H and O–H groups in total. The van der Waals surface area contributed by atoms with E-state index in [1.807, 2.05) is 34.0 Å². The summed E-state index contributed by atoms with van der Waals surface area (Å²) in [6, 6.07) is 7.78. The largest absolute Gasteiger partial charge is 0.496 e. The van der Waals surface area contributed by atoms with Gasteiger partial charge in [0.05, 0.1) is 7.11 Å². The molecule has 23 heavy (non-hydrogen) atoms. The molecule has 0 atom stereocenters. The Kier molecular flexibility index (Phi) is 4.87. The number of para-hydroxylation sites is 1. The summed E-state index contributed by atoms with van der Waals surface area (Å²) in [5.41, 5.74) is 2.16. The van der Waals surface area contributed by atoms with Gasteiger partial charge in [0, 0.05) is 30.5 Å². The second-order valence-corrected chi connectivity index (χ2v) is 5.96. The van der Waals surface area contributed by atoms with E-state index in [2.05, 4.69) is 15.5 Å². The summed E-state index contributed by atoms with van der Waals surface area (Å²) in [4.78, 5) is 12.9. The zero-order valence-electron chi connectivity index (χ0n) is 12.9. The van der Waals surface area contributed by atoms with Gasteiger partial charge in [-0.1, -0.05) is 18.2 Å². The van der Waals surface area contributed by atoms with Crippen LogP contribution in [-0.4, -0.2) is 34.2 Å². The van der Waals surface area contributed by atoms with Crippen molar-refractivity contribution in [3.8, 4) is 5.75 Å². The van der Waals surface area contributed by atoms with Crippen LogP contribution >= 0.6 is 11.3 Å². The van der Waals surface area contributed by atoms with Crippen molar-refractivity contribution in [2.24, 2.45) is 0 Å². The molecule has 0 radical (unpaired) electrons. The number of thiazole rings is 1. The van der Waals surface area contributed by atoms with Crippen LogP contribution in [0.1, 0.15) is 17.7 Å². The molecule has 3 rings (SSSR count). The Morgan fingerprint density at radius 3 is 3.09 bits per heavy atom. The lowest BCUT2D eigenvalue weighted by Gasteiger charge is -2.08. The topological polar surface area (TPSA) is 68.5 Å². The van der Waals surface area contributed by atoms with Gasteiger partial charge in [-0.25, -0.2) is 0 Å². The molecular formula is C16H18N4O2S. The van der Waals surface area contributed by atoms with Gasteiger partial charge in [0.2, 0.25) is 10.9 Å². The molecule has 0 saturated heterocycles. The first kappa shape index (κ1) is 15.5. The molecule has 0 aliphatic heterocycles. The number of amides is 1. The van der Waals surface area contributed by atoms with Crippen molar-refractivity contribution in [1.29, 1.82) is 0 Å². The number of carbonyl (C=O) groups is 1. The molecule has 0 aliphatic rings. The van der Waals surface area contributed by atoms with Crippen molar-refractivity contribution >= 4 is 22.2 Å². The van der Waals surface area contributed by atoms with E-state index in [1.54, 1.807) is 24.8 Å². The van der Waals surface area contributed by atoms with E-state index in [0.29, 0.717) is 19.4 Å². The molecule has 2 aromatic heterocycles. The first-order valence-corrected chi connectivity index (χ1v) is 8.30. The van der Waals surface area contributed by atoms with Crippen LogP contribution in [0.4, 0.5) is 0 Å². The highest BCUT2D eigenvalue weighted by atomic mass is 32.1. The zero-order valence-corrected chi connectivity index (χ0v) is 13.7. The molecule has 1 amide bonds. The first-order chi connectivity index (χ1) is 11.3. The Morgan fingerprint density at radius 2 is 2.22 bits per heavy atom. The van der Waals surface area contributed by atoms with Crippen molar-refractivity contribution in [3.05, 3.63) is 47.2 Å². The molecule has 0 spiro atoms. The minimum atomic E-state index is 0.0473. The fraction of sp³-hybridized carbons (Fsp3) is 0.312. The van der Waals surface area contributed by atoms with Crippen LogP contribution in [0.3, 0.4) is 0 Å². The molecule has 0 aliphatic carbocycles. The summed E-state index contributed by atoms with van der Waals surface area (Å²) in [6.07, 6.45) is 3.58. The summed E-state index contributed by atoms with van der Waals surface area (Å²) in [5, 5.41) is 12.9. The third-order valence-corrected chi connectivity index (χ3v) is 4.52. The van der Waals surface area contributed by atoms with E-state index in [9.17, 15) is 4.79 Å². The van der Waals surface area contributed by atoms with E-state index >= 15 is 0 Å². The van der Waals surface area contributed by atoms with E-state index in [-0.39, 0.29) is 5.91 Å². The Morgan fingerprint density at radius 1 is 1.35 bits per heavy atom. The summed E-state index contributed by atoms with van der Waals surface area (Å²) in [5.74, 6) is 0.875. The monoisotopic (exact) mass is 330 g/mol. The normalized spacial score (nSPS) is 10.8. The van der Waals surface area contributed by atoms with Gasteiger partial charge in [-0.05, 0) is 18.1 Å². The van der Waals surface area contributed by atoms with Crippen LogP contribution in [0.15, 0.2) is 36.0 Å². The fourth-order valence-electron chi connectivity index (χ4n) is 2.43. The number of benzene rings is 1. The van der Waals surface area contributed by atoms with Crippen molar-refractivity contribution in [2.75, 3.05) is 13.7 Å². The number of ether oxygens (including phenoxy) is 1. The minimum Gasteiger partial charge on any atom is -0.496 e. The van der Waals surface area contributed by atoms with E-state index in [4.69, 9.17) is 4.74 Å². The number of nitrogens with zero attached hydrogens (tertiary/aromatic N) is 3. The van der Waals surface area contributed by atoms with Gasteiger partial charge in [0.15, 0.2) is 0 Å². The van der Waals surface area contributed by atoms with E-state index in [1.165, 1.54) is 0 Å². The lowest BCUT2D eigenvalue weighted by Crippen LogP contribution is -2.26. The highest BCUT2D eigenvalue weighted by Gasteiger charge is 2.08. The van der Waals surface area contributed by atoms with Gasteiger partial charge < -0.3 is 10.1 Å². The summed E-state index contributed by atoms with van der Waals surface area (Å²) < 4.78 is 7.25. The maximum Gasteiger partial charge on any atom is 0.220 e. The number of hydrogen-bond acceptors (Lipinski definition) is 5. The Labute approximate surface area is 138 Å². The molecule has 0 unspecified atom stereocenters. The SMILES string of the molecule is COc1ccccc1CCC(=O)NCCc1csc2nncn12. The van der Waals surface area contributed by atoms with Gasteiger partial charge in [-0.3, -0.25) is 9.20 Å². The average molecular weight is 330 g/mol. The minimum absolute atomic E-state index is 0.0473. The summed E-state index contributed by atoms with van der Waals surface area (Å²) >= 11 is 1.55. The van der Waals surface area contributed by atoms with Crippen LogP contribution in [0.2, 0.25) is 0 Å². The number of hydrogen-bond donors (Lipinski definition) is 1.